The van der Waals surface area contributed by atoms with E-state index in [4.69, 9.17) is 17.3 Å². The summed E-state index contributed by atoms with van der Waals surface area (Å²) in [5.41, 5.74) is 9.09. The van der Waals surface area contributed by atoms with Crippen molar-refractivity contribution in [3.63, 3.8) is 0 Å². The van der Waals surface area contributed by atoms with Crippen LogP contribution in [-0.4, -0.2) is 5.54 Å². The van der Waals surface area contributed by atoms with E-state index in [1.54, 1.807) is 0 Å². The predicted molar refractivity (Wildman–Crippen MR) is 72.3 cm³/mol. The van der Waals surface area contributed by atoms with E-state index < -0.39 is 0 Å². The van der Waals surface area contributed by atoms with Gasteiger partial charge in [0.05, 0.1) is 0 Å². The van der Waals surface area contributed by atoms with Crippen molar-refractivity contribution in [1.29, 1.82) is 0 Å². The molecule has 0 amide bonds. The quantitative estimate of drug-likeness (QED) is 0.850. The molecule has 0 spiro atoms. The Bertz CT molecular complexity index is 443. The first-order valence-corrected chi connectivity index (χ1v) is 6.98. The summed E-state index contributed by atoms with van der Waals surface area (Å²) in [7, 11) is 0. The van der Waals surface area contributed by atoms with E-state index in [-0.39, 0.29) is 5.54 Å². The Hall–Kier alpha value is -0.530. The lowest BCUT2D eigenvalue weighted by atomic mass is 9.77. The molecule has 0 heterocycles. The summed E-state index contributed by atoms with van der Waals surface area (Å²) >= 11 is 6.32. The molecule has 3 atom stereocenters. The first-order chi connectivity index (χ1) is 8.07. The average molecular weight is 250 g/mol. The largest absolute Gasteiger partial charge is 0.325 e. The van der Waals surface area contributed by atoms with Gasteiger partial charge in [-0.1, -0.05) is 30.2 Å². The summed E-state index contributed by atoms with van der Waals surface area (Å²) in [5.74, 6) is 1.61. The maximum Gasteiger partial charge on any atom is 0.0441 e. The lowest BCUT2D eigenvalue weighted by Crippen LogP contribution is -2.47. The van der Waals surface area contributed by atoms with Gasteiger partial charge in [0.1, 0.15) is 0 Å². The van der Waals surface area contributed by atoms with Gasteiger partial charge in [0.2, 0.25) is 0 Å². The highest BCUT2D eigenvalue weighted by molar-refractivity contribution is 6.31. The van der Waals surface area contributed by atoms with Crippen molar-refractivity contribution >= 4 is 11.6 Å². The normalized spacial score (nSPS) is 35.5. The van der Waals surface area contributed by atoms with Crippen LogP contribution >= 0.6 is 11.6 Å². The second-order valence-corrected chi connectivity index (χ2v) is 6.49. The average Bonchev–Trinajstić information content (AvgIpc) is 2.82. The van der Waals surface area contributed by atoms with Gasteiger partial charge in [-0.15, -0.1) is 0 Å². The Kier molecular flexibility index (Phi) is 2.72. The second kappa shape index (κ2) is 4.00. The first-order valence-electron chi connectivity index (χ1n) is 6.61. The van der Waals surface area contributed by atoms with Gasteiger partial charge in [-0.25, -0.2) is 0 Å². The minimum Gasteiger partial charge on any atom is -0.325 e. The molecule has 17 heavy (non-hydrogen) atoms. The van der Waals surface area contributed by atoms with Gasteiger partial charge >= 0.3 is 0 Å². The Labute approximate surface area is 108 Å². The third-order valence-corrected chi connectivity index (χ3v) is 5.10. The summed E-state index contributed by atoms with van der Waals surface area (Å²) in [5, 5.41) is 0.887. The van der Waals surface area contributed by atoms with Gasteiger partial charge in [-0.2, -0.15) is 0 Å². The fourth-order valence-electron chi connectivity index (χ4n) is 3.85. The van der Waals surface area contributed by atoms with Crippen molar-refractivity contribution in [3.8, 4) is 0 Å². The number of benzene rings is 1. The SMILES string of the molecule is Cc1ccc(CC2(N)CC3CCC2C3)c(Cl)c1. The summed E-state index contributed by atoms with van der Waals surface area (Å²) in [6, 6.07) is 6.34. The van der Waals surface area contributed by atoms with Crippen LogP contribution < -0.4 is 5.73 Å². The third-order valence-electron chi connectivity index (χ3n) is 4.75. The van der Waals surface area contributed by atoms with Crippen LogP contribution in [0.2, 0.25) is 5.02 Å². The summed E-state index contributed by atoms with van der Waals surface area (Å²) in [6.45, 7) is 2.07. The van der Waals surface area contributed by atoms with Crippen LogP contribution in [0, 0.1) is 18.8 Å². The van der Waals surface area contributed by atoms with Crippen molar-refractivity contribution in [2.75, 3.05) is 0 Å². The molecule has 2 saturated carbocycles. The number of hydrogen-bond acceptors (Lipinski definition) is 1. The molecule has 0 radical (unpaired) electrons. The molecule has 2 aliphatic carbocycles. The highest BCUT2D eigenvalue weighted by Crippen LogP contribution is 2.50. The van der Waals surface area contributed by atoms with Crippen molar-refractivity contribution in [2.45, 2.75) is 44.6 Å². The standard InChI is InChI=1S/C15H20ClN/c1-10-2-4-12(14(16)6-10)9-15(17)8-11-3-5-13(15)7-11/h2,4,6,11,13H,3,5,7-9,17H2,1H3. The first kappa shape index (κ1) is 11.6. The molecule has 2 N–H and O–H groups in total. The maximum atomic E-state index is 6.62. The molecule has 1 aromatic carbocycles. The lowest BCUT2D eigenvalue weighted by molar-refractivity contribution is 0.269. The molecule has 1 aromatic rings. The molecule has 0 aromatic heterocycles. The van der Waals surface area contributed by atoms with Crippen molar-refractivity contribution in [2.24, 2.45) is 17.6 Å². The van der Waals surface area contributed by atoms with Crippen LogP contribution in [0.25, 0.3) is 0 Å². The molecule has 2 fully saturated rings. The van der Waals surface area contributed by atoms with E-state index in [9.17, 15) is 0 Å². The van der Waals surface area contributed by atoms with Crippen molar-refractivity contribution in [3.05, 3.63) is 34.3 Å². The summed E-state index contributed by atoms with van der Waals surface area (Å²) < 4.78 is 0. The Morgan fingerprint density at radius 3 is 2.82 bits per heavy atom. The topological polar surface area (TPSA) is 26.0 Å². The Morgan fingerprint density at radius 2 is 2.24 bits per heavy atom. The zero-order chi connectivity index (χ0) is 12.0. The summed E-state index contributed by atoms with van der Waals surface area (Å²) in [6.07, 6.45) is 6.21. The number of fused-ring (bicyclic) bond motifs is 2. The minimum atomic E-state index is 0.0157. The molecule has 0 saturated heterocycles. The van der Waals surface area contributed by atoms with E-state index in [1.165, 1.54) is 36.8 Å². The molecule has 2 aliphatic rings. The van der Waals surface area contributed by atoms with E-state index in [0.29, 0.717) is 0 Å². The highest BCUT2D eigenvalue weighted by atomic mass is 35.5. The van der Waals surface area contributed by atoms with Crippen LogP contribution in [0.4, 0.5) is 0 Å². The number of halogens is 1. The number of nitrogens with two attached hydrogens (primary N) is 1. The molecule has 92 valence electrons. The number of hydrogen-bond donors (Lipinski definition) is 1. The predicted octanol–water partition coefficient (Wildman–Crippen LogP) is 3.71. The second-order valence-electron chi connectivity index (χ2n) is 6.08. The Morgan fingerprint density at radius 1 is 1.41 bits per heavy atom. The smallest absolute Gasteiger partial charge is 0.0441 e. The van der Waals surface area contributed by atoms with Gasteiger partial charge in [0, 0.05) is 10.6 Å². The van der Waals surface area contributed by atoms with Gasteiger partial charge in [-0.05, 0) is 61.6 Å². The zero-order valence-corrected chi connectivity index (χ0v) is 11.1. The molecular weight excluding hydrogens is 230 g/mol. The van der Waals surface area contributed by atoms with Crippen LogP contribution in [-0.2, 0) is 6.42 Å². The maximum absolute atomic E-state index is 6.62. The minimum absolute atomic E-state index is 0.0157. The third kappa shape index (κ3) is 2.00. The molecular formula is C15H20ClN. The van der Waals surface area contributed by atoms with Crippen LogP contribution in [0.5, 0.6) is 0 Å². The van der Waals surface area contributed by atoms with Crippen LogP contribution in [0.15, 0.2) is 18.2 Å². The summed E-state index contributed by atoms with van der Waals surface area (Å²) in [4.78, 5) is 0. The lowest BCUT2D eigenvalue weighted by Gasteiger charge is -2.34. The van der Waals surface area contributed by atoms with Gasteiger partial charge in [0.15, 0.2) is 0 Å². The van der Waals surface area contributed by atoms with E-state index in [1.807, 2.05) is 6.07 Å². The number of rotatable bonds is 2. The van der Waals surface area contributed by atoms with Gasteiger partial charge in [0.25, 0.3) is 0 Å². The van der Waals surface area contributed by atoms with Crippen molar-refractivity contribution in [1.82, 2.24) is 0 Å². The molecule has 1 nitrogen and oxygen atoms in total. The molecule has 3 unspecified atom stereocenters. The van der Waals surface area contributed by atoms with E-state index >= 15 is 0 Å². The van der Waals surface area contributed by atoms with Crippen molar-refractivity contribution < 1.29 is 0 Å². The van der Waals surface area contributed by atoms with E-state index in [2.05, 4.69) is 19.1 Å². The fraction of sp³-hybridized carbons (Fsp3) is 0.600. The zero-order valence-electron chi connectivity index (χ0n) is 10.4. The highest BCUT2D eigenvalue weighted by Gasteiger charge is 2.48. The molecule has 3 rings (SSSR count). The number of aryl methyl sites for hydroxylation is 1. The molecule has 2 bridgehead atoms. The van der Waals surface area contributed by atoms with Crippen LogP contribution in [0.1, 0.15) is 36.8 Å². The van der Waals surface area contributed by atoms with Crippen LogP contribution in [0.3, 0.4) is 0 Å². The monoisotopic (exact) mass is 249 g/mol. The molecule has 0 aliphatic heterocycles. The van der Waals surface area contributed by atoms with Gasteiger partial charge in [-0.3, -0.25) is 0 Å². The Balaban J connectivity index is 1.83. The molecule has 2 heteroatoms. The van der Waals surface area contributed by atoms with Gasteiger partial charge < -0.3 is 5.73 Å². The van der Waals surface area contributed by atoms with E-state index in [0.717, 1.165) is 23.3 Å². The fourth-order valence-corrected chi connectivity index (χ4v) is 4.16.